The van der Waals surface area contributed by atoms with Crippen LogP contribution < -0.4 is 14.2 Å². The summed E-state index contributed by atoms with van der Waals surface area (Å²) in [4.78, 5) is 0. The fourth-order valence-corrected chi connectivity index (χ4v) is 4.56. The van der Waals surface area contributed by atoms with E-state index in [1.807, 2.05) is 59.6 Å². The summed E-state index contributed by atoms with van der Waals surface area (Å²) < 4.78 is 17.1. The molecule has 5 rings (SSSR count). The molecule has 0 N–H and O–H groups in total. The van der Waals surface area contributed by atoms with Gasteiger partial charge in [-0.15, -0.1) is 0 Å². The average molecular weight is 455 g/mol. The number of fused-ring (bicyclic) bond motifs is 3. The molecule has 0 amide bonds. The van der Waals surface area contributed by atoms with Crippen LogP contribution >= 0.6 is 23.2 Å². The molecule has 0 bridgehead atoms. The molecular weight excluding hydrogens is 435 g/mol. The second-order valence-corrected chi connectivity index (χ2v) is 8.26. The fraction of sp³-hybridized carbons (Fsp3) is 0.208. The molecule has 5 nitrogen and oxygen atoms in total. The van der Waals surface area contributed by atoms with Crippen LogP contribution in [0.5, 0.6) is 17.2 Å². The molecule has 0 unspecified atom stereocenters. The Morgan fingerprint density at radius 1 is 0.903 bits per heavy atom. The van der Waals surface area contributed by atoms with Gasteiger partial charge in [0.25, 0.3) is 0 Å². The van der Waals surface area contributed by atoms with Crippen LogP contribution in [-0.4, -0.2) is 24.9 Å². The van der Waals surface area contributed by atoms with E-state index in [9.17, 15) is 0 Å². The lowest BCUT2D eigenvalue weighted by Crippen LogP contribution is -2.33. The number of halogens is 2. The van der Waals surface area contributed by atoms with Crippen LogP contribution in [0.15, 0.2) is 65.8 Å². The van der Waals surface area contributed by atoms with Crippen molar-refractivity contribution in [3.8, 4) is 17.2 Å². The highest BCUT2D eigenvalue weighted by molar-refractivity contribution is 6.35. The van der Waals surface area contributed by atoms with Crippen molar-refractivity contribution in [3.05, 3.63) is 87.4 Å². The number of methoxy groups -OCH3 is 2. The van der Waals surface area contributed by atoms with E-state index in [-0.39, 0.29) is 6.04 Å². The Hall–Kier alpha value is -2.89. The van der Waals surface area contributed by atoms with Crippen LogP contribution in [0.3, 0.4) is 0 Å². The zero-order valence-corrected chi connectivity index (χ0v) is 18.5. The number of hydrogen-bond donors (Lipinski definition) is 0. The third-order valence-corrected chi connectivity index (χ3v) is 6.21. The van der Waals surface area contributed by atoms with Gasteiger partial charge < -0.3 is 14.2 Å². The molecule has 7 heteroatoms. The van der Waals surface area contributed by atoms with Crippen molar-refractivity contribution in [3.63, 3.8) is 0 Å². The topological polar surface area (TPSA) is 43.3 Å². The number of hydrogen-bond acceptors (Lipinski definition) is 5. The summed E-state index contributed by atoms with van der Waals surface area (Å²) >= 11 is 12.7. The van der Waals surface area contributed by atoms with E-state index in [0.717, 1.165) is 46.1 Å². The SMILES string of the molecule is COc1ccc(C2=NN3[C@H](C2)c2cc(OC)ccc2O[C@@H]3c2ccc(Cl)cc2Cl)cc1. The number of ether oxygens (including phenoxy) is 3. The molecular formula is C24H20Cl2N2O3. The lowest BCUT2D eigenvalue weighted by Gasteiger charge is -2.38. The van der Waals surface area contributed by atoms with Crippen molar-refractivity contribution >= 4 is 28.9 Å². The maximum atomic E-state index is 6.54. The molecule has 158 valence electrons. The smallest absolute Gasteiger partial charge is 0.215 e. The van der Waals surface area contributed by atoms with Crippen LogP contribution in [0.2, 0.25) is 10.0 Å². The van der Waals surface area contributed by atoms with Crippen molar-refractivity contribution < 1.29 is 14.2 Å². The molecule has 0 aliphatic carbocycles. The Morgan fingerprint density at radius 3 is 2.35 bits per heavy atom. The maximum Gasteiger partial charge on any atom is 0.215 e. The third kappa shape index (κ3) is 3.58. The molecule has 2 aliphatic rings. The normalized spacial score (nSPS) is 19.2. The van der Waals surface area contributed by atoms with Gasteiger partial charge in [-0.25, -0.2) is 5.01 Å². The Morgan fingerprint density at radius 2 is 1.65 bits per heavy atom. The molecule has 3 aromatic rings. The van der Waals surface area contributed by atoms with Gasteiger partial charge in [-0.3, -0.25) is 0 Å². The first-order valence-corrected chi connectivity index (χ1v) is 10.6. The molecule has 31 heavy (non-hydrogen) atoms. The fourth-order valence-electron chi connectivity index (χ4n) is 4.06. The van der Waals surface area contributed by atoms with Gasteiger partial charge in [0.2, 0.25) is 6.23 Å². The summed E-state index contributed by atoms with van der Waals surface area (Å²) in [6, 6.07) is 19.2. The van der Waals surface area contributed by atoms with Gasteiger partial charge >= 0.3 is 0 Å². The number of benzene rings is 3. The summed E-state index contributed by atoms with van der Waals surface area (Å²) in [6.45, 7) is 0. The number of hydrazone groups is 1. The van der Waals surface area contributed by atoms with Gasteiger partial charge in [0.15, 0.2) is 0 Å². The average Bonchev–Trinajstić information content (AvgIpc) is 3.24. The second-order valence-electron chi connectivity index (χ2n) is 7.41. The molecule has 0 saturated carbocycles. The summed E-state index contributed by atoms with van der Waals surface area (Å²) in [5, 5.41) is 8.07. The van der Waals surface area contributed by atoms with Gasteiger partial charge in [-0.1, -0.05) is 29.3 Å². The van der Waals surface area contributed by atoms with Crippen LogP contribution in [-0.2, 0) is 0 Å². The quantitative estimate of drug-likeness (QED) is 0.466. The van der Waals surface area contributed by atoms with Crippen LogP contribution in [0.4, 0.5) is 0 Å². The van der Waals surface area contributed by atoms with E-state index >= 15 is 0 Å². The minimum absolute atomic E-state index is 0.00676. The summed E-state index contributed by atoms with van der Waals surface area (Å²) in [5.74, 6) is 2.39. The van der Waals surface area contributed by atoms with Crippen molar-refractivity contribution in [2.75, 3.05) is 14.2 Å². The van der Waals surface area contributed by atoms with E-state index in [1.54, 1.807) is 20.3 Å². The second kappa shape index (κ2) is 7.98. The lowest BCUT2D eigenvalue weighted by atomic mass is 9.95. The van der Waals surface area contributed by atoms with Crippen LogP contribution in [0.25, 0.3) is 0 Å². The van der Waals surface area contributed by atoms with E-state index in [1.165, 1.54) is 0 Å². The minimum atomic E-state index is -0.466. The van der Waals surface area contributed by atoms with E-state index in [2.05, 4.69) is 0 Å². The Bertz CT molecular complexity index is 1160. The zero-order valence-electron chi connectivity index (χ0n) is 17.0. The first kappa shape index (κ1) is 20.0. The number of nitrogens with zero attached hydrogens (tertiary/aromatic N) is 2. The van der Waals surface area contributed by atoms with E-state index in [4.69, 9.17) is 42.5 Å². The molecule has 0 radical (unpaired) electrons. The van der Waals surface area contributed by atoms with Crippen molar-refractivity contribution in [1.82, 2.24) is 5.01 Å². The van der Waals surface area contributed by atoms with Crippen molar-refractivity contribution in [1.29, 1.82) is 0 Å². The molecule has 2 aliphatic heterocycles. The summed E-state index contributed by atoms with van der Waals surface area (Å²) in [6.07, 6.45) is 0.267. The molecule has 2 heterocycles. The predicted molar refractivity (Wildman–Crippen MR) is 122 cm³/mol. The largest absolute Gasteiger partial charge is 0.497 e. The van der Waals surface area contributed by atoms with E-state index in [0.29, 0.717) is 10.0 Å². The predicted octanol–water partition coefficient (Wildman–Crippen LogP) is 6.25. The first-order chi connectivity index (χ1) is 15.1. The molecule has 2 atom stereocenters. The minimum Gasteiger partial charge on any atom is -0.497 e. The molecule has 0 saturated heterocycles. The van der Waals surface area contributed by atoms with Gasteiger partial charge in [0.1, 0.15) is 17.2 Å². The molecule has 0 fully saturated rings. The zero-order chi connectivity index (χ0) is 21.5. The van der Waals surface area contributed by atoms with Gasteiger partial charge in [0.05, 0.1) is 31.0 Å². The molecule has 3 aromatic carbocycles. The maximum absolute atomic E-state index is 6.54. The first-order valence-electron chi connectivity index (χ1n) is 9.87. The third-order valence-electron chi connectivity index (χ3n) is 5.65. The van der Waals surface area contributed by atoms with Crippen molar-refractivity contribution in [2.45, 2.75) is 18.7 Å². The van der Waals surface area contributed by atoms with Gasteiger partial charge in [-0.2, -0.15) is 5.10 Å². The highest BCUT2D eigenvalue weighted by Crippen LogP contribution is 2.49. The highest BCUT2D eigenvalue weighted by atomic mass is 35.5. The molecule has 0 aromatic heterocycles. The Labute approximate surface area is 190 Å². The monoisotopic (exact) mass is 454 g/mol. The summed E-state index contributed by atoms with van der Waals surface area (Å²) in [5.41, 5.74) is 3.87. The lowest BCUT2D eigenvalue weighted by molar-refractivity contribution is -0.0190. The van der Waals surface area contributed by atoms with Gasteiger partial charge in [0, 0.05) is 22.6 Å². The Balaban J connectivity index is 1.59. The highest BCUT2D eigenvalue weighted by Gasteiger charge is 2.41. The number of rotatable bonds is 4. The van der Waals surface area contributed by atoms with Crippen LogP contribution in [0, 0.1) is 0 Å². The Kier molecular flexibility index (Phi) is 5.16. The van der Waals surface area contributed by atoms with Gasteiger partial charge in [-0.05, 0) is 60.2 Å². The van der Waals surface area contributed by atoms with E-state index < -0.39 is 6.23 Å². The summed E-state index contributed by atoms with van der Waals surface area (Å²) in [7, 11) is 3.32. The van der Waals surface area contributed by atoms with Crippen molar-refractivity contribution in [2.24, 2.45) is 5.10 Å². The standard InChI is InChI=1S/C24H20Cl2N2O3/c1-29-16-6-3-14(4-7-16)21-13-22-19-12-17(30-2)8-10-23(19)31-24(28(22)27-21)18-9-5-15(25)11-20(18)26/h3-12,22,24H,13H2,1-2H3/t22-,24-/m1/s1. The molecule has 0 spiro atoms. The van der Waals surface area contributed by atoms with Crippen LogP contribution in [0.1, 0.15) is 35.4 Å².